The van der Waals surface area contributed by atoms with Gasteiger partial charge in [0.15, 0.2) is 0 Å². The summed E-state index contributed by atoms with van der Waals surface area (Å²) < 4.78 is 6.19. The zero-order chi connectivity index (χ0) is 53.6. The third-order valence-electron chi connectivity index (χ3n) is 15.3. The van der Waals surface area contributed by atoms with Crippen LogP contribution in [0.3, 0.4) is 0 Å². The van der Waals surface area contributed by atoms with Gasteiger partial charge in [0.25, 0.3) is 0 Å². The van der Waals surface area contributed by atoms with Crippen LogP contribution in [0.4, 0.5) is 34.1 Å². The molecular formula is C72H49N9. The molecule has 81 heavy (non-hydrogen) atoms. The lowest BCUT2D eigenvalue weighted by atomic mass is 9.99. The number of nitrogens with zero attached hydrogens (tertiary/aromatic N) is 9. The van der Waals surface area contributed by atoms with Gasteiger partial charge in [0.05, 0.1) is 33.4 Å². The quantitative estimate of drug-likeness (QED) is 0.121. The maximum Gasteiger partial charge on any atom is 0.113 e. The molecule has 0 amide bonds. The first kappa shape index (κ1) is 47.1. The summed E-state index contributed by atoms with van der Waals surface area (Å²) >= 11 is 0. The summed E-state index contributed by atoms with van der Waals surface area (Å²) in [7, 11) is 0. The van der Waals surface area contributed by atoms with Crippen LogP contribution in [-0.2, 0) is 0 Å². The molecule has 0 N–H and O–H groups in total. The lowest BCUT2D eigenvalue weighted by Crippen LogP contribution is -2.09. The molecule has 0 aliphatic rings. The fourth-order valence-electron chi connectivity index (χ4n) is 11.4. The van der Waals surface area contributed by atoms with E-state index in [0.717, 1.165) is 118 Å². The average molecular weight is 1040 g/mol. The number of fused-ring (bicyclic) bond motifs is 5. The average Bonchev–Trinajstić information content (AvgIpc) is 4.45. The minimum Gasteiger partial charge on any atom is -0.311 e. The van der Waals surface area contributed by atoms with Crippen LogP contribution in [0.15, 0.2) is 297 Å². The van der Waals surface area contributed by atoms with Crippen molar-refractivity contribution in [1.82, 2.24) is 34.6 Å². The van der Waals surface area contributed by atoms with Crippen molar-refractivity contribution in [2.75, 3.05) is 9.80 Å². The van der Waals surface area contributed by atoms with E-state index in [1.54, 1.807) is 0 Å². The summed E-state index contributed by atoms with van der Waals surface area (Å²) in [5, 5.41) is 20.6. The van der Waals surface area contributed by atoms with Gasteiger partial charge in [-0.3, -0.25) is 0 Å². The molecule has 9 heteroatoms. The Balaban J connectivity index is 0.841. The minimum atomic E-state index is 0.823. The van der Waals surface area contributed by atoms with Crippen molar-refractivity contribution in [2.45, 2.75) is 0 Å². The number of para-hydroxylation sites is 6. The first-order valence-electron chi connectivity index (χ1n) is 27.1. The van der Waals surface area contributed by atoms with E-state index in [2.05, 4.69) is 284 Å². The van der Waals surface area contributed by atoms with E-state index in [1.165, 1.54) is 10.8 Å². The highest BCUT2D eigenvalue weighted by Crippen LogP contribution is 2.41. The monoisotopic (exact) mass is 1040 g/mol. The Morgan fingerprint density at radius 1 is 0.235 bits per heavy atom. The zero-order valence-electron chi connectivity index (χ0n) is 43.8. The summed E-state index contributed by atoms with van der Waals surface area (Å²) in [5.41, 5.74) is 21.7. The molecule has 0 bridgehead atoms. The Kier molecular flexibility index (Phi) is 11.6. The Morgan fingerprint density at radius 2 is 0.568 bits per heavy atom. The fraction of sp³-hybridized carbons (Fsp3) is 0. The first-order chi connectivity index (χ1) is 40.1. The second-order valence-electron chi connectivity index (χ2n) is 20.2. The molecule has 12 aromatic carbocycles. The Morgan fingerprint density at radius 3 is 0.975 bits per heavy atom. The van der Waals surface area contributed by atoms with Gasteiger partial charge < -0.3 is 14.4 Å². The van der Waals surface area contributed by atoms with E-state index in [9.17, 15) is 0 Å². The maximum atomic E-state index is 4.62. The number of rotatable bonds is 12. The normalized spacial score (nSPS) is 11.5. The van der Waals surface area contributed by atoms with Gasteiger partial charge >= 0.3 is 0 Å². The number of hydrogen-bond acceptors (Lipinski definition) is 6. The van der Waals surface area contributed by atoms with Crippen molar-refractivity contribution in [2.24, 2.45) is 0 Å². The van der Waals surface area contributed by atoms with E-state index in [0.29, 0.717) is 0 Å². The molecule has 0 fully saturated rings. The molecule has 3 heterocycles. The lowest BCUT2D eigenvalue weighted by Gasteiger charge is -2.25. The molecule has 9 nitrogen and oxygen atoms in total. The lowest BCUT2D eigenvalue weighted by molar-refractivity contribution is 0.807. The molecule has 15 rings (SSSR count). The van der Waals surface area contributed by atoms with Crippen LogP contribution in [0.25, 0.3) is 94.3 Å². The molecule has 0 saturated heterocycles. The SMILES string of the molecule is c1ccc(N(c2ccccc2)c2ccc(-c3ccc4c(c3)c3cc(-c5ccc(N(c6ccccc6)c6ccccc6)cc5)ccc3n4-c3ccc(-c4cc(-n5nnc6ccccc65)cc(-n5nnc6ccccc65)c4)cc3)cc2)cc1. The summed E-state index contributed by atoms with van der Waals surface area (Å²) in [6.45, 7) is 0. The van der Waals surface area contributed by atoms with Crippen molar-refractivity contribution in [3.8, 4) is 50.4 Å². The maximum absolute atomic E-state index is 4.62. The van der Waals surface area contributed by atoms with E-state index in [4.69, 9.17) is 0 Å². The number of anilines is 6. The Hall–Kier alpha value is -11.2. The molecule has 0 saturated carbocycles. The van der Waals surface area contributed by atoms with Crippen molar-refractivity contribution in [3.63, 3.8) is 0 Å². The molecule has 0 atom stereocenters. The van der Waals surface area contributed by atoms with Crippen LogP contribution in [0.5, 0.6) is 0 Å². The second-order valence-corrected chi connectivity index (χ2v) is 20.2. The van der Waals surface area contributed by atoms with Crippen LogP contribution in [0.1, 0.15) is 0 Å². The van der Waals surface area contributed by atoms with E-state index in [1.807, 2.05) is 57.9 Å². The third kappa shape index (κ3) is 8.62. The fourth-order valence-corrected chi connectivity index (χ4v) is 11.4. The predicted molar refractivity (Wildman–Crippen MR) is 331 cm³/mol. The molecule has 0 unspecified atom stereocenters. The molecule has 0 aliphatic heterocycles. The number of benzene rings is 12. The van der Waals surface area contributed by atoms with Gasteiger partial charge in [0, 0.05) is 50.6 Å². The minimum absolute atomic E-state index is 0.823. The van der Waals surface area contributed by atoms with Crippen molar-refractivity contribution >= 4 is 78.0 Å². The Bertz CT molecular complexity index is 4370. The van der Waals surface area contributed by atoms with Crippen LogP contribution < -0.4 is 9.80 Å². The van der Waals surface area contributed by atoms with Crippen LogP contribution >= 0.6 is 0 Å². The predicted octanol–water partition coefficient (Wildman–Crippen LogP) is 18.2. The van der Waals surface area contributed by atoms with Crippen LogP contribution in [0, 0.1) is 0 Å². The standard InChI is InChI=1S/C72H49N9/c1-5-17-56(18-6-1)77(57-19-7-2-8-20-57)60-37-29-50(30-38-60)53-35-43-69-65(47-53)66-48-54(51-31-39-61(40-32-51)78(58-21-9-3-10-22-58)59-23-11-4-12-24-59)36-44-70(66)79(69)62-41-33-52(34-42-62)55-45-63(80-71-27-15-13-25-67(71)73-75-80)49-64(46-55)81-72-28-16-14-26-68(72)74-76-81/h1-49H. The van der Waals surface area contributed by atoms with E-state index < -0.39 is 0 Å². The first-order valence-corrected chi connectivity index (χ1v) is 27.1. The van der Waals surface area contributed by atoms with Gasteiger partial charge in [-0.1, -0.05) is 156 Å². The van der Waals surface area contributed by atoms with Gasteiger partial charge in [-0.25, -0.2) is 9.36 Å². The molecule has 15 aromatic rings. The van der Waals surface area contributed by atoms with Crippen molar-refractivity contribution in [3.05, 3.63) is 297 Å². The number of hydrogen-bond donors (Lipinski definition) is 0. The third-order valence-corrected chi connectivity index (χ3v) is 15.3. The molecule has 3 aromatic heterocycles. The van der Waals surface area contributed by atoms with Crippen LogP contribution in [0.2, 0.25) is 0 Å². The van der Waals surface area contributed by atoms with Gasteiger partial charge in [0.1, 0.15) is 11.0 Å². The summed E-state index contributed by atoms with van der Waals surface area (Å²) in [5.74, 6) is 0. The summed E-state index contributed by atoms with van der Waals surface area (Å²) in [4.78, 5) is 4.60. The van der Waals surface area contributed by atoms with Crippen LogP contribution in [-0.4, -0.2) is 34.6 Å². The van der Waals surface area contributed by atoms with Gasteiger partial charge in [0.2, 0.25) is 0 Å². The molecule has 0 spiro atoms. The molecule has 382 valence electrons. The van der Waals surface area contributed by atoms with Gasteiger partial charge in [-0.2, -0.15) is 0 Å². The zero-order valence-corrected chi connectivity index (χ0v) is 43.8. The highest BCUT2D eigenvalue weighted by Gasteiger charge is 2.19. The highest BCUT2D eigenvalue weighted by molar-refractivity contribution is 6.12. The van der Waals surface area contributed by atoms with Gasteiger partial charge in [-0.15, -0.1) is 10.2 Å². The topological polar surface area (TPSA) is 72.8 Å². The molecule has 0 radical (unpaired) electrons. The second kappa shape index (κ2) is 20.0. The summed E-state index contributed by atoms with van der Waals surface area (Å²) in [6.07, 6.45) is 0. The molecular weight excluding hydrogens is 991 g/mol. The largest absolute Gasteiger partial charge is 0.311 e. The summed E-state index contributed by atoms with van der Waals surface area (Å²) in [6, 6.07) is 105. The van der Waals surface area contributed by atoms with E-state index >= 15 is 0 Å². The molecule has 0 aliphatic carbocycles. The number of aromatic nitrogens is 7. The Labute approximate surface area is 467 Å². The smallest absolute Gasteiger partial charge is 0.113 e. The van der Waals surface area contributed by atoms with Crippen molar-refractivity contribution in [1.29, 1.82) is 0 Å². The van der Waals surface area contributed by atoms with Crippen molar-refractivity contribution < 1.29 is 0 Å². The van der Waals surface area contributed by atoms with E-state index in [-0.39, 0.29) is 0 Å². The van der Waals surface area contributed by atoms with Gasteiger partial charge in [-0.05, 0) is 185 Å². The highest BCUT2D eigenvalue weighted by atomic mass is 15.4.